The van der Waals surface area contributed by atoms with E-state index in [2.05, 4.69) is 0 Å². The zero-order valence-corrected chi connectivity index (χ0v) is 13.0. The molecule has 5 heteroatoms. The van der Waals surface area contributed by atoms with Gasteiger partial charge in [-0.1, -0.05) is 35.4 Å². The van der Waals surface area contributed by atoms with Crippen molar-refractivity contribution < 1.29 is 14.4 Å². The zero-order valence-electron chi connectivity index (χ0n) is 11.4. The third-order valence-electron chi connectivity index (χ3n) is 1.31. The van der Waals surface area contributed by atoms with Gasteiger partial charge in [-0.25, -0.2) is 0 Å². The van der Waals surface area contributed by atoms with Gasteiger partial charge in [0.25, 0.3) is 0 Å². The molecular formula is C12H22O3S2. The second-order valence-corrected chi connectivity index (χ2v) is 8.43. The van der Waals surface area contributed by atoms with Crippen molar-refractivity contribution in [3.63, 3.8) is 0 Å². The van der Waals surface area contributed by atoms with Crippen LogP contribution in [0.2, 0.25) is 0 Å². The number of carbonyl (C=O) groups is 3. The molecule has 0 heterocycles. The maximum absolute atomic E-state index is 10.5. The van der Waals surface area contributed by atoms with Crippen LogP contribution in [0.4, 0.5) is 0 Å². The first kappa shape index (κ1) is 19.1. The minimum absolute atomic E-state index is 0.204. The largest absolute Gasteiger partial charge is 0.303 e. The van der Waals surface area contributed by atoms with E-state index in [4.69, 9.17) is 0 Å². The molecule has 0 rings (SSSR count). The van der Waals surface area contributed by atoms with Gasteiger partial charge in [0.15, 0.2) is 0 Å². The van der Waals surface area contributed by atoms with Crippen LogP contribution in [0.1, 0.15) is 41.5 Å². The van der Waals surface area contributed by atoms with Crippen molar-refractivity contribution in [3.8, 4) is 0 Å². The topological polar surface area (TPSA) is 51.2 Å². The molecule has 0 N–H and O–H groups in total. The number of aldehydes is 3. The summed E-state index contributed by atoms with van der Waals surface area (Å²) < 4.78 is -0.824. The van der Waals surface area contributed by atoms with Crippen LogP contribution in [0.25, 0.3) is 0 Å². The van der Waals surface area contributed by atoms with Gasteiger partial charge in [-0.15, -0.1) is 0 Å². The standard InChI is InChI=1S/C8H14O2S2.C4H8O/c1-7(2,5-9)11-12-8(3,4)6-10;1-4(2)3-5/h5-6H,1-4H3;3-4H,1-2H3. The molecule has 0 saturated heterocycles. The van der Waals surface area contributed by atoms with Crippen LogP contribution < -0.4 is 0 Å². The smallest absolute Gasteiger partial charge is 0.136 e. The van der Waals surface area contributed by atoms with Crippen LogP contribution in [0.5, 0.6) is 0 Å². The maximum atomic E-state index is 10.5. The molecule has 17 heavy (non-hydrogen) atoms. The van der Waals surface area contributed by atoms with Crippen molar-refractivity contribution in [3.05, 3.63) is 0 Å². The zero-order chi connectivity index (χ0) is 14.1. The molecule has 0 aliphatic rings. The summed E-state index contributed by atoms with van der Waals surface area (Å²) in [5, 5.41) is 0. The molecule has 0 bridgehead atoms. The van der Waals surface area contributed by atoms with Gasteiger partial charge in [0.05, 0.1) is 9.49 Å². The molecule has 0 radical (unpaired) electrons. The average Bonchev–Trinajstić information content (AvgIpc) is 2.27. The lowest BCUT2D eigenvalue weighted by atomic mass is 10.2. The normalized spacial score (nSPS) is 11.5. The average molecular weight is 278 g/mol. The molecule has 0 atom stereocenters. The van der Waals surface area contributed by atoms with Crippen LogP contribution in [0.3, 0.4) is 0 Å². The molecule has 0 aromatic rings. The molecule has 0 aromatic heterocycles. The van der Waals surface area contributed by atoms with Crippen molar-refractivity contribution in [1.82, 2.24) is 0 Å². The fraction of sp³-hybridized carbons (Fsp3) is 0.750. The Morgan fingerprint density at radius 1 is 0.824 bits per heavy atom. The lowest BCUT2D eigenvalue weighted by molar-refractivity contribution is -0.110. The predicted octanol–water partition coefficient (Wildman–Crippen LogP) is 3.16. The highest BCUT2D eigenvalue weighted by molar-refractivity contribution is 8.78. The fourth-order valence-corrected chi connectivity index (χ4v) is 2.29. The summed E-state index contributed by atoms with van der Waals surface area (Å²) in [5.74, 6) is 0.204. The summed E-state index contributed by atoms with van der Waals surface area (Å²) in [4.78, 5) is 30.5. The summed E-state index contributed by atoms with van der Waals surface area (Å²) >= 11 is 0. The van der Waals surface area contributed by atoms with E-state index in [1.807, 2.05) is 41.5 Å². The molecular weight excluding hydrogens is 256 g/mol. The summed E-state index contributed by atoms with van der Waals surface area (Å²) in [7, 11) is 2.86. The molecule has 0 spiro atoms. The summed E-state index contributed by atoms with van der Waals surface area (Å²) in [6.45, 7) is 11.0. The van der Waals surface area contributed by atoms with Crippen LogP contribution in [0, 0.1) is 5.92 Å². The van der Waals surface area contributed by atoms with Crippen molar-refractivity contribution in [2.75, 3.05) is 0 Å². The highest BCUT2D eigenvalue weighted by Crippen LogP contribution is 2.41. The molecule has 0 fully saturated rings. The van der Waals surface area contributed by atoms with Crippen molar-refractivity contribution in [1.29, 1.82) is 0 Å². The molecule has 0 aliphatic heterocycles. The Morgan fingerprint density at radius 2 is 1.06 bits per heavy atom. The molecule has 0 amide bonds. The van der Waals surface area contributed by atoms with Gasteiger partial charge in [-0.2, -0.15) is 0 Å². The molecule has 100 valence electrons. The van der Waals surface area contributed by atoms with Gasteiger partial charge >= 0.3 is 0 Å². The second kappa shape index (κ2) is 8.75. The Morgan fingerprint density at radius 3 is 1.18 bits per heavy atom. The number of hydrogen-bond donors (Lipinski definition) is 0. The van der Waals surface area contributed by atoms with E-state index in [0.717, 1.165) is 18.9 Å². The van der Waals surface area contributed by atoms with Crippen LogP contribution >= 0.6 is 21.6 Å². The Labute approximate surface area is 112 Å². The highest BCUT2D eigenvalue weighted by Gasteiger charge is 2.24. The number of hydrogen-bond acceptors (Lipinski definition) is 5. The van der Waals surface area contributed by atoms with Gasteiger partial charge in [-0.3, -0.25) is 0 Å². The van der Waals surface area contributed by atoms with Gasteiger partial charge in [0, 0.05) is 5.92 Å². The van der Waals surface area contributed by atoms with E-state index in [9.17, 15) is 14.4 Å². The Balaban J connectivity index is 0. The Kier molecular flexibility index (Phi) is 9.81. The maximum Gasteiger partial charge on any atom is 0.136 e. The van der Waals surface area contributed by atoms with Crippen molar-refractivity contribution >= 4 is 40.4 Å². The third kappa shape index (κ3) is 13.6. The van der Waals surface area contributed by atoms with Gasteiger partial charge in [0.2, 0.25) is 0 Å². The Hall–Kier alpha value is -0.290. The van der Waals surface area contributed by atoms with E-state index in [1.165, 1.54) is 21.6 Å². The molecule has 0 unspecified atom stereocenters. The van der Waals surface area contributed by atoms with E-state index < -0.39 is 9.49 Å². The molecule has 0 aliphatic carbocycles. The van der Waals surface area contributed by atoms with Crippen LogP contribution in [-0.4, -0.2) is 28.4 Å². The van der Waals surface area contributed by atoms with Crippen molar-refractivity contribution in [2.45, 2.75) is 51.0 Å². The van der Waals surface area contributed by atoms with E-state index in [1.54, 1.807) is 0 Å². The van der Waals surface area contributed by atoms with Gasteiger partial charge in [0.1, 0.15) is 18.9 Å². The van der Waals surface area contributed by atoms with Crippen molar-refractivity contribution in [2.24, 2.45) is 5.92 Å². The van der Waals surface area contributed by atoms with Crippen LogP contribution in [0.15, 0.2) is 0 Å². The van der Waals surface area contributed by atoms with Gasteiger partial charge in [-0.05, 0) is 27.7 Å². The summed E-state index contributed by atoms with van der Waals surface area (Å²) in [6.07, 6.45) is 2.71. The first-order valence-electron chi connectivity index (χ1n) is 5.35. The fourth-order valence-electron chi connectivity index (χ4n) is 0.254. The summed E-state index contributed by atoms with van der Waals surface area (Å²) in [6, 6.07) is 0. The van der Waals surface area contributed by atoms with Gasteiger partial charge < -0.3 is 14.4 Å². The first-order chi connectivity index (χ1) is 7.60. The summed E-state index contributed by atoms with van der Waals surface area (Å²) in [5.41, 5.74) is 0. The lowest BCUT2D eigenvalue weighted by Crippen LogP contribution is -2.20. The SMILES string of the molecule is CC(C)(C=O)SSC(C)(C)C=O.CC(C)C=O. The number of carbonyl (C=O) groups excluding carboxylic acids is 3. The molecule has 0 aromatic carbocycles. The molecule has 3 nitrogen and oxygen atoms in total. The predicted molar refractivity (Wildman–Crippen MR) is 76.4 cm³/mol. The monoisotopic (exact) mass is 278 g/mol. The van der Waals surface area contributed by atoms with E-state index >= 15 is 0 Å². The first-order valence-corrected chi connectivity index (χ1v) is 7.50. The van der Waals surface area contributed by atoms with E-state index in [-0.39, 0.29) is 5.92 Å². The third-order valence-corrected chi connectivity index (χ3v) is 5.27. The Bertz CT molecular complexity index is 228. The number of rotatable bonds is 6. The minimum atomic E-state index is -0.412. The quantitative estimate of drug-likeness (QED) is 0.552. The molecule has 0 saturated carbocycles. The lowest BCUT2D eigenvalue weighted by Gasteiger charge is -2.21. The van der Waals surface area contributed by atoms with Crippen LogP contribution in [-0.2, 0) is 14.4 Å². The minimum Gasteiger partial charge on any atom is -0.303 e. The second-order valence-electron chi connectivity index (χ2n) is 4.99. The highest BCUT2D eigenvalue weighted by atomic mass is 33.1. The van der Waals surface area contributed by atoms with E-state index in [0.29, 0.717) is 0 Å².